The van der Waals surface area contributed by atoms with E-state index in [1.54, 1.807) is 11.3 Å². The molecule has 1 fully saturated rings. The average molecular weight is 291 g/mol. The van der Waals surface area contributed by atoms with Crippen LogP contribution in [0.3, 0.4) is 0 Å². The van der Waals surface area contributed by atoms with Crippen molar-refractivity contribution < 1.29 is 9.84 Å². The van der Waals surface area contributed by atoms with Crippen LogP contribution < -0.4 is 0 Å². The van der Waals surface area contributed by atoms with Gasteiger partial charge in [0, 0.05) is 9.35 Å². The fourth-order valence-electron chi connectivity index (χ4n) is 1.83. The Hall–Kier alpha value is 0.100. The second kappa shape index (κ2) is 5.43. The maximum Gasteiger partial charge on any atom is 0.0824 e. The van der Waals surface area contributed by atoms with E-state index in [1.165, 1.54) is 4.88 Å². The third-order valence-corrected chi connectivity index (χ3v) is 4.68. The standard InChI is InChI=1S/C11H15BrO2S/c12-10-5-6-15-11(10)7-14-9-3-1-8(13)2-4-9/h5-6,8-9,13H,1-4,7H2. The molecular formula is C11H15BrO2S. The molecule has 2 nitrogen and oxygen atoms in total. The lowest BCUT2D eigenvalue weighted by Crippen LogP contribution is -2.24. The van der Waals surface area contributed by atoms with Crippen molar-refractivity contribution in [2.75, 3.05) is 0 Å². The van der Waals surface area contributed by atoms with Gasteiger partial charge in [0.15, 0.2) is 0 Å². The number of halogens is 1. The predicted octanol–water partition coefficient (Wildman–Crippen LogP) is 3.33. The van der Waals surface area contributed by atoms with Gasteiger partial charge in [-0.3, -0.25) is 0 Å². The van der Waals surface area contributed by atoms with E-state index in [0.29, 0.717) is 12.7 Å². The number of hydrogen-bond donors (Lipinski definition) is 1. The summed E-state index contributed by atoms with van der Waals surface area (Å²) in [4.78, 5) is 1.25. The summed E-state index contributed by atoms with van der Waals surface area (Å²) < 4.78 is 6.97. The summed E-state index contributed by atoms with van der Waals surface area (Å²) in [7, 11) is 0. The van der Waals surface area contributed by atoms with Crippen LogP contribution in [0.25, 0.3) is 0 Å². The zero-order valence-corrected chi connectivity index (χ0v) is 10.9. The number of hydrogen-bond acceptors (Lipinski definition) is 3. The molecule has 1 aliphatic rings. The van der Waals surface area contributed by atoms with Crippen molar-refractivity contribution in [3.05, 3.63) is 20.8 Å². The quantitative estimate of drug-likeness (QED) is 0.925. The van der Waals surface area contributed by atoms with Crippen LogP contribution in [-0.2, 0) is 11.3 Å². The summed E-state index contributed by atoms with van der Waals surface area (Å²) in [6.07, 6.45) is 3.99. The molecule has 0 unspecified atom stereocenters. The van der Waals surface area contributed by atoms with E-state index in [9.17, 15) is 5.11 Å². The van der Waals surface area contributed by atoms with Crippen molar-refractivity contribution in [1.29, 1.82) is 0 Å². The first-order valence-electron chi connectivity index (χ1n) is 5.27. The molecule has 2 rings (SSSR count). The lowest BCUT2D eigenvalue weighted by atomic mass is 9.95. The summed E-state index contributed by atoms with van der Waals surface area (Å²) in [5.41, 5.74) is 0. The second-order valence-electron chi connectivity index (χ2n) is 3.93. The first-order chi connectivity index (χ1) is 7.25. The number of ether oxygens (including phenoxy) is 1. The van der Waals surface area contributed by atoms with Gasteiger partial charge in [0.25, 0.3) is 0 Å². The zero-order chi connectivity index (χ0) is 10.7. The Morgan fingerprint density at radius 1 is 1.40 bits per heavy atom. The molecule has 1 aliphatic carbocycles. The summed E-state index contributed by atoms with van der Waals surface area (Å²) in [5, 5.41) is 11.4. The number of thiophene rings is 1. The third-order valence-electron chi connectivity index (χ3n) is 2.78. The zero-order valence-electron chi connectivity index (χ0n) is 8.49. The van der Waals surface area contributed by atoms with Crippen molar-refractivity contribution in [3.8, 4) is 0 Å². The molecular weight excluding hydrogens is 276 g/mol. The molecule has 4 heteroatoms. The first-order valence-corrected chi connectivity index (χ1v) is 6.94. The molecule has 1 heterocycles. The Kier molecular flexibility index (Phi) is 4.20. The number of aliphatic hydroxyl groups is 1. The molecule has 1 aromatic rings. The normalized spacial score (nSPS) is 26.8. The summed E-state index contributed by atoms with van der Waals surface area (Å²) in [6, 6.07) is 2.05. The minimum atomic E-state index is -0.0988. The Morgan fingerprint density at radius 2 is 2.13 bits per heavy atom. The predicted molar refractivity (Wildman–Crippen MR) is 65.1 cm³/mol. The molecule has 0 radical (unpaired) electrons. The van der Waals surface area contributed by atoms with Crippen LogP contribution in [0.1, 0.15) is 30.6 Å². The smallest absolute Gasteiger partial charge is 0.0824 e. The molecule has 1 N–H and O–H groups in total. The van der Waals surface area contributed by atoms with E-state index in [-0.39, 0.29) is 6.10 Å². The second-order valence-corrected chi connectivity index (χ2v) is 5.79. The van der Waals surface area contributed by atoms with E-state index in [2.05, 4.69) is 21.3 Å². The van der Waals surface area contributed by atoms with Gasteiger partial charge in [0.2, 0.25) is 0 Å². The largest absolute Gasteiger partial charge is 0.393 e. The van der Waals surface area contributed by atoms with Gasteiger partial charge in [-0.05, 0) is 53.1 Å². The highest BCUT2D eigenvalue weighted by molar-refractivity contribution is 9.10. The van der Waals surface area contributed by atoms with Crippen LogP contribution in [0.15, 0.2) is 15.9 Å². The molecule has 0 aliphatic heterocycles. The molecule has 84 valence electrons. The maximum absolute atomic E-state index is 9.36. The van der Waals surface area contributed by atoms with Crippen molar-refractivity contribution in [2.24, 2.45) is 0 Å². The average Bonchev–Trinajstić information content (AvgIpc) is 2.63. The molecule has 0 bridgehead atoms. The van der Waals surface area contributed by atoms with E-state index >= 15 is 0 Å². The highest BCUT2D eigenvalue weighted by Crippen LogP contribution is 2.26. The molecule has 0 amide bonds. The van der Waals surface area contributed by atoms with Gasteiger partial charge >= 0.3 is 0 Å². The van der Waals surface area contributed by atoms with Gasteiger partial charge in [0.05, 0.1) is 18.8 Å². The van der Waals surface area contributed by atoms with Crippen molar-refractivity contribution in [2.45, 2.75) is 44.5 Å². The Morgan fingerprint density at radius 3 is 2.73 bits per heavy atom. The lowest BCUT2D eigenvalue weighted by molar-refractivity contribution is -0.0110. The minimum absolute atomic E-state index is 0.0988. The van der Waals surface area contributed by atoms with Crippen LogP contribution >= 0.6 is 27.3 Å². The molecule has 1 aromatic heterocycles. The molecule has 15 heavy (non-hydrogen) atoms. The summed E-state index contributed by atoms with van der Waals surface area (Å²) in [5.74, 6) is 0. The fraction of sp³-hybridized carbons (Fsp3) is 0.636. The first kappa shape index (κ1) is 11.6. The SMILES string of the molecule is OC1CCC(OCc2sccc2Br)CC1. The summed E-state index contributed by atoms with van der Waals surface area (Å²) in [6.45, 7) is 0.693. The monoisotopic (exact) mass is 290 g/mol. The van der Waals surface area contributed by atoms with Crippen LogP contribution in [0.4, 0.5) is 0 Å². The molecule has 1 saturated carbocycles. The van der Waals surface area contributed by atoms with Gasteiger partial charge in [-0.15, -0.1) is 11.3 Å². The maximum atomic E-state index is 9.36. The summed E-state index contributed by atoms with van der Waals surface area (Å²) >= 11 is 5.21. The van der Waals surface area contributed by atoms with Gasteiger partial charge in [-0.25, -0.2) is 0 Å². The van der Waals surface area contributed by atoms with Crippen LogP contribution in [0.2, 0.25) is 0 Å². The molecule has 0 aromatic carbocycles. The fourth-order valence-corrected chi connectivity index (χ4v) is 3.22. The van der Waals surface area contributed by atoms with Crippen LogP contribution in [-0.4, -0.2) is 17.3 Å². The topological polar surface area (TPSA) is 29.5 Å². The third kappa shape index (κ3) is 3.28. The van der Waals surface area contributed by atoms with Crippen LogP contribution in [0.5, 0.6) is 0 Å². The van der Waals surface area contributed by atoms with Gasteiger partial charge in [0.1, 0.15) is 0 Å². The van der Waals surface area contributed by atoms with Crippen LogP contribution in [0, 0.1) is 0 Å². The van der Waals surface area contributed by atoms with Gasteiger partial charge < -0.3 is 9.84 Å². The van der Waals surface area contributed by atoms with Crippen molar-refractivity contribution in [1.82, 2.24) is 0 Å². The Bertz CT molecular complexity index is 305. The molecule has 0 saturated heterocycles. The number of aliphatic hydroxyl groups excluding tert-OH is 1. The Balaban J connectivity index is 1.77. The number of rotatable bonds is 3. The van der Waals surface area contributed by atoms with E-state index in [4.69, 9.17) is 4.74 Å². The minimum Gasteiger partial charge on any atom is -0.393 e. The van der Waals surface area contributed by atoms with Gasteiger partial charge in [-0.1, -0.05) is 0 Å². The van der Waals surface area contributed by atoms with E-state index in [0.717, 1.165) is 30.2 Å². The molecule has 0 spiro atoms. The highest BCUT2D eigenvalue weighted by atomic mass is 79.9. The van der Waals surface area contributed by atoms with Crippen molar-refractivity contribution in [3.63, 3.8) is 0 Å². The Labute approximate surface area is 102 Å². The van der Waals surface area contributed by atoms with E-state index < -0.39 is 0 Å². The lowest BCUT2D eigenvalue weighted by Gasteiger charge is -2.25. The van der Waals surface area contributed by atoms with Gasteiger partial charge in [-0.2, -0.15) is 0 Å². The van der Waals surface area contributed by atoms with E-state index in [1.807, 2.05) is 6.07 Å². The molecule has 0 atom stereocenters. The highest BCUT2D eigenvalue weighted by Gasteiger charge is 2.19. The van der Waals surface area contributed by atoms with Crippen molar-refractivity contribution >= 4 is 27.3 Å².